The summed E-state index contributed by atoms with van der Waals surface area (Å²) in [5.74, 6) is -0.406. The number of thioether (sulfide) groups is 1. The van der Waals surface area contributed by atoms with E-state index in [1.807, 2.05) is 42.5 Å². The van der Waals surface area contributed by atoms with Crippen molar-refractivity contribution in [3.63, 3.8) is 0 Å². The first-order valence-corrected chi connectivity index (χ1v) is 12.8. The molecule has 2 amide bonds. The normalized spacial score (nSPS) is 19.0. The Morgan fingerprint density at radius 2 is 1.92 bits per heavy atom. The predicted molar refractivity (Wildman–Crippen MR) is 144 cm³/mol. The molecule has 2 aliphatic heterocycles. The zero-order chi connectivity index (χ0) is 25.9. The number of rotatable bonds is 6. The fourth-order valence-corrected chi connectivity index (χ4v) is 5.40. The zero-order valence-corrected chi connectivity index (χ0v) is 21.3. The molecular formula is C27H22ClFN4O3S. The Hall–Kier alpha value is -3.69. The van der Waals surface area contributed by atoms with E-state index in [-0.39, 0.29) is 18.4 Å². The molecule has 0 radical (unpaired) electrons. The van der Waals surface area contributed by atoms with Crippen molar-refractivity contribution in [2.45, 2.75) is 24.1 Å². The molecule has 188 valence electrons. The van der Waals surface area contributed by atoms with E-state index in [9.17, 15) is 14.0 Å². The quantitative estimate of drug-likeness (QED) is 0.439. The molecule has 3 aromatic rings. The average molecular weight is 537 g/mol. The van der Waals surface area contributed by atoms with Gasteiger partial charge in [0.2, 0.25) is 5.91 Å². The molecule has 3 aromatic carbocycles. The average Bonchev–Trinajstić information content (AvgIpc) is 3.49. The van der Waals surface area contributed by atoms with E-state index in [2.05, 4.69) is 10.3 Å². The molecule has 5 rings (SSSR count). The first kappa shape index (κ1) is 25.0. The van der Waals surface area contributed by atoms with Crippen LogP contribution < -0.4 is 10.1 Å². The maximum absolute atomic E-state index is 13.1. The fourth-order valence-electron chi connectivity index (χ4n) is 4.14. The fraction of sp³-hybridized carbons (Fsp3) is 0.185. The minimum Gasteiger partial charge on any atom is -0.497 e. The number of carbonyl (C=O) groups excluding carboxylic acids is 2. The molecule has 2 aliphatic rings. The van der Waals surface area contributed by atoms with Crippen LogP contribution in [0.2, 0.25) is 5.02 Å². The SMILES string of the molecule is COc1ccc(C2=NN(C3=NC(=O)[C@@H](CC(=O)Nc4ccc(F)cc4)S3)[C@@H](c3cccc(Cl)c3)C2)cc1. The summed E-state index contributed by atoms with van der Waals surface area (Å²) in [6, 6.07) is 20.4. The van der Waals surface area contributed by atoms with Gasteiger partial charge in [-0.05, 0) is 71.8 Å². The molecule has 37 heavy (non-hydrogen) atoms. The van der Waals surface area contributed by atoms with Gasteiger partial charge in [-0.25, -0.2) is 9.40 Å². The van der Waals surface area contributed by atoms with E-state index in [4.69, 9.17) is 21.4 Å². The Balaban J connectivity index is 1.35. The number of hydrazone groups is 1. The number of aliphatic imine (C=N–C) groups is 1. The van der Waals surface area contributed by atoms with Gasteiger partial charge in [-0.2, -0.15) is 10.1 Å². The van der Waals surface area contributed by atoms with Crippen LogP contribution in [0.5, 0.6) is 5.75 Å². The highest BCUT2D eigenvalue weighted by Crippen LogP contribution is 2.39. The van der Waals surface area contributed by atoms with Crippen LogP contribution in [0.3, 0.4) is 0 Å². The number of halogens is 2. The van der Waals surface area contributed by atoms with Crippen LogP contribution in [-0.2, 0) is 9.59 Å². The number of hydrogen-bond acceptors (Lipinski definition) is 6. The summed E-state index contributed by atoms with van der Waals surface area (Å²) in [4.78, 5) is 29.6. The second-order valence-corrected chi connectivity index (χ2v) is 10.1. The van der Waals surface area contributed by atoms with Crippen molar-refractivity contribution in [2.24, 2.45) is 10.1 Å². The monoisotopic (exact) mass is 536 g/mol. The van der Waals surface area contributed by atoms with Gasteiger partial charge >= 0.3 is 0 Å². The molecule has 0 spiro atoms. The van der Waals surface area contributed by atoms with Gasteiger partial charge in [0, 0.05) is 23.6 Å². The van der Waals surface area contributed by atoms with Crippen molar-refractivity contribution < 1.29 is 18.7 Å². The molecule has 0 saturated carbocycles. The van der Waals surface area contributed by atoms with Gasteiger partial charge in [-0.15, -0.1) is 0 Å². The van der Waals surface area contributed by atoms with Crippen LogP contribution in [0.15, 0.2) is 82.9 Å². The minimum absolute atomic E-state index is 0.0708. The summed E-state index contributed by atoms with van der Waals surface area (Å²) in [7, 11) is 1.61. The second kappa shape index (κ2) is 10.7. The summed E-state index contributed by atoms with van der Waals surface area (Å²) in [6.45, 7) is 0. The maximum atomic E-state index is 13.1. The molecule has 7 nitrogen and oxygen atoms in total. The number of nitrogens with one attached hydrogen (secondary N) is 1. The molecule has 0 unspecified atom stereocenters. The van der Waals surface area contributed by atoms with Gasteiger partial charge in [0.15, 0.2) is 5.17 Å². The van der Waals surface area contributed by atoms with Gasteiger partial charge in [0.05, 0.1) is 18.9 Å². The highest BCUT2D eigenvalue weighted by atomic mass is 35.5. The highest BCUT2D eigenvalue weighted by Gasteiger charge is 2.39. The third-order valence-corrected chi connectivity index (χ3v) is 7.37. The Morgan fingerprint density at radius 3 is 2.62 bits per heavy atom. The van der Waals surface area contributed by atoms with Crippen molar-refractivity contribution in [3.05, 3.63) is 94.8 Å². The van der Waals surface area contributed by atoms with E-state index >= 15 is 0 Å². The number of amidine groups is 1. The van der Waals surface area contributed by atoms with Gasteiger partial charge in [0.25, 0.3) is 5.91 Å². The first-order valence-electron chi connectivity index (χ1n) is 11.5. The van der Waals surface area contributed by atoms with Crippen LogP contribution in [0.1, 0.15) is 30.0 Å². The molecule has 2 heterocycles. The number of methoxy groups -OCH3 is 1. The minimum atomic E-state index is -0.685. The summed E-state index contributed by atoms with van der Waals surface area (Å²) in [6.07, 6.45) is 0.509. The van der Waals surface area contributed by atoms with E-state index in [0.29, 0.717) is 22.3 Å². The summed E-state index contributed by atoms with van der Waals surface area (Å²) >= 11 is 7.48. The smallest absolute Gasteiger partial charge is 0.262 e. The largest absolute Gasteiger partial charge is 0.497 e. The van der Waals surface area contributed by atoms with Crippen molar-refractivity contribution >= 4 is 51.7 Å². The lowest BCUT2D eigenvalue weighted by Gasteiger charge is -2.23. The lowest BCUT2D eigenvalue weighted by atomic mass is 9.98. The molecule has 2 atom stereocenters. The highest BCUT2D eigenvalue weighted by molar-refractivity contribution is 8.15. The van der Waals surface area contributed by atoms with Crippen molar-refractivity contribution in [1.82, 2.24) is 5.01 Å². The Bertz CT molecular complexity index is 1400. The molecule has 10 heteroatoms. The lowest BCUT2D eigenvalue weighted by molar-refractivity contribution is -0.121. The maximum Gasteiger partial charge on any atom is 0.262 e. The van der Waals surface area contributed by atoms with Gasteiger partial charge in [-0.3, -0.25) is 9.59 Å². The molecule has 0 saturated heterocycles. The first-order chi connectivity index (χ1) is 17.9. The Labute approximate surface area is 222 Å². The molecule has 0 aromatic heterocycles. The molecular weight excluding hydrogens is 515 g/mol. The van der Waals surface area contributed by atoms with Crippen LogP contribution in [0.25, 0.3) is 0 Å². The molecule has 0 fully saturated rings. The molecule has 0 aliphatic carbocycles. The van der Waals surface area contributed by atoms with Crippen LogP contribution >= 0.6 is 23.4 Å². The number of nitrogens with zero attached hydrogens (tertiary/aromatic N) is 3. The summed E-state index contributed by atoms with van der Waals surface area (Å²) < 4.78 is 18.4. The standard InChI is InChI=1S/C27H22ClFN4O3S/c1-36-21-11-5-16(6-12-21)22-14-23(17-3-2-4-18(28)13-17)33(32-22)27-31-26(35)24(37-27)15-25(34)30-20-9-7-19(29)8-10-20/h2-13,23-24H,14-15H2,1H3,(H,30,34)/t23-,24-/m1/s1. The van der Waals surface area contributed by atoms with E-state index in [1.165, 1.54) is 36.0 Å². The number of amides is 2. The molecule has 0 bridgehead atoms. The number of hydrogen-bond donors (Lipinski definition) is 1. The summed E-state index contributed by atoms with van der Waals surface area (Å²) in [5.41, 5.74) is 3.16. The van der Waals surface area contributed by atoms with Crippen LogP contribution in [0.4, 0.5) is 10.1 Å². The van der Waals surface area contributed by atoms with Crippen molar-refractivity contribution in [3.8, 4) is 5.75 Å². The number of ether oxygens (including phenoxy) is 1. The summed E-state index contributed by atoms with van der Waals surface area (Å²) in [5, 5.41) is 9.61. The second-order valence-electron chi connectivity index (χ2n) is 8.49. The van der Waals surface area contributed by atoms with Gasteiger partial charge in [0.1, 0.15) is 16.8 Å². The van der Waals surface area contributed by atoms with Gasteiger partial charge in [-0.1, -0.05) is 35.5 Å². The number of carbonyl (C=O) groups is 2. The van der Waals surface area contributed by atoms with Crippen molar-refractivity contribution in [2.75, 3.05) is 12.4 Å². The van der Waals surface area contributed by atoms with E-state index < -0.39 is 17.0 Å². The number of benzene rings is 3. The van der Waals surface area contributed by atoms with E-state index in [1.54, 1.807) is 18.2 Å². The number of anilines is 1. The topological polar surface area (TPSA) is 83.4 Å². The van der Waals surface area contributed by atoms with Crippen molar-refractivity contribution in [1.29, 1.82) is 0 Å². The zero-order valence-electron chi connectivity index (χ0n) is 19.7. The lowest BCUT2D eigenvalue weighted by Crippen LogP contribution is -2.25. The molecule has 1 N–H and O–H groups in total. The third-order valence-electron chi connectivity index (χ3n) is 5.99. The van der Waals surface area contributed by atoms with Crippen LogP contribution in [-0.4, -0.2) is 40.1 Å². The van der Waals surface area contributed by atoms with E-state index in [0.717, 1.165) is 22.6 Å². The van der Waals surface area contributed by atoms with Crippen LogP contribution in [0, 0.1) is 5.82 Å². The third kappa shape index (κ3) is 5.68. The predicted octanol–water partition coefficient (Wildman–Crippen LogP) is 5.67. The van der Waals surface area contributed by atoms with Gasteiger partial charge < -0.3 is 10.1 Å². The Kier molecular flexibility index (Phi) is 7.25. The Morgan fingerprint density at radius 1 is 1.16 bits per heavy atom.